The van der Waals surface area contributed by atoms with Crippen molar-refractivity contribution in [3.63, 3.8) is 0 Å². The standard InChI is InChI=1S/C16H21N3O/c1-3-14-9-15(19(4-2)18-14)10-16(20)13-7-5-12(11-17)6-8-13/h5-9H,3-4,10-11,17H2,1-2H3. The maximum atomic E-state index is 12.3. The van der Waals surface area contributed by atoms with E-state index in [9.17, 15) is 4.79 Å². The molecule has 2 N–H and O–H groups in total. The molecule has 20 heavy (non-hydrogen) atoms. The number of nitrogens with zero attached hydrogens (tertiary/aromatic N) is 2. The van der Waals surface area contributed by atoms with Gasteiger partial charge < -0.3 is 5.73 Å². The zero-order valence-corrected chi connectivity index (χ0v) is 12.1. The molecule has 0 bridgehead atoms. The fraction of sp³-hybridized carbons (Fsp3) is 0.375. The van der Waals surface area contributed by atoms with Gasteiger partial charge in [-0.25, -0.2) is 0 Å². The first kappa shape index (κ1) is 14.5. The van der Waals surface area contributed by atoms with Crippen LogP contribution in [0.15, 0.2) is 30.3 Å². The smallest absolute Gasteiger partial charge is 0.168 e. The Morgan fingerprint density at radius 2 is 1.95 bits per heavy atom. The van der Waals surface area contributed by atoms with Crippen molar-refractivity contribution in [2.75, 3.05) is 0 Å². The summed E-state index contributed by atoms with van der Waals surface area (Å²) >= 11 is 0. The number of carbonyl (C=O) groups is 1. The van der Waals surface area contributed by atoms with Crippen molar-refractivity contribution in [1.82, 2.24) is 9.78 Å². The molecule has 1 aromatic heterocycles. The average molecular weight is 271 g/mol. The van der Waals surface area contributed by atoms with Crippen LogP contribution in [0, 0.1) is 0 Å². The van der Waals surface area contributed by atoms with Crippen LogP contribution in [0.25, 0.3) is 0 Å². The van der Waals surface area contributed by atoms with Crippen molar-refractivity contribution < 1.29 is 4.79 Å². The largest absolute Gasteiger partial charge is 0.326 e. The molecule has 4 heteroatoms. The van der Waals surface area contributed by atoms with Crippen molar-refractivity contribution in [3.05, 3.63) is 52.8 Å². The van der Waals surface area contributed by atoms with Crippen LogP contribution in [0.4, 0.5) is 0 Å². The van der Waals surface area contributed by atoms with Crippen LogP contribution in [0.1, 0.15) is 41.2 Å². The Bertz CT molecular complexity index is 584. The quantitative estimate of drug-likeness (QED) is 0.820. The third-order valence-corrected chi connectivity index (χ3v) is 3.43. The van der Waals surface area contributed by atoms with E-state index in [2.05, 4.69) is 12.0 Å². The summed E-state index contributed by atoms with van der Waals surface area (Å²) < 4.78 is 1.91. The molecule has 0 atom stereocenters. The molecule has 1 aromatic carbocycles. The third-order valence-electron chi connectivity index (χ3n) is 3.43. The molecule has 0 aliphatic carbocycles. The van der Waals surface area contributed by atoms with Crippen molar-refractivity contribution in [3.8, 4) is 0 Å². The lowest BCUT2D eigenvalue weighted by molar-refractivity contribution is 0.0990. The van der Waals surface area contributed by atoms with Crippen molar-refractivity contribution >= 4 is 5.78 Å². The Labute approximate surface area is 119 Å². The zero-order chi connectivity index (χ0) is 14.5. The number of nitrogens with two attached hydrogens (primary N) is 1. The zero-order valence-electron chi connectivity index (χ0n) is 12.1. The molecule has 0 fully saturated rings. The van der Waals surface area contributed by atoms with E-state index in [-0.39, 0.29) is 5.78 Å². The predicted octanol–water partition coefficient (Wildman–Crippen LogP) is 2.35. The SMILES string of the molecule is CCc1cc(CC(=O)c2ccc(CN)cc2)n(CC)n1. The minimum atomic E-state index is 0.117. The van der Waals surface area contributed by atoms with Gasteiger partial charge in [0.2, 0.25) is 0 Å². The number of benzene rings is 1. The van der Waals surface area contributed by atoms with Crippen LogP contribution in [0.5, 0.6) is 0 Å². The molecule has 106 valence electrons. The lowest BCUT2D eigenvalue weighted by Crippen LogP contribution is -2.10. The number of carbonyl (C=O) groups excluding carboxylic acids is 1. The number of aryl methyl sites for hydroxylation is 2. The van der Waals surface area contributed by atoms with Crippen molar-refractivity contribution in [1.29, 1.82) is 0 Å². The van der Waals surface area contributed by atoms with Crippen LogP contribution >= 0.6 is 0 Å². The van der Waals surface area contributed by atoms with Crippen LogP contribution in [-0.2, 0) is 25.9 Å². The summed E-state index contributed by atoms with van der Waals surface area (Å²) in [4.78, 5) is 12.3. The molecule has 0 spiro atoms. The maximum Gasteiger partial charge on any atom is 0.168 e. The van der Waals surface area contributed by atoms with E-state index in [0.29, 0.717) is 13.0 Å². The van der Waals surface area contributed by atoms with Gasteiger partial charge in [-0.05, 0) is 25.0 Å². The van der Waals surface area contributed by atoms with Crippen molar-refractivity contribution in [2.24, 2.45) is 5.73 Å². The first-order valence-electron chi connectivity index (χ1n) is 7.05. The molecule has 0 unspecified atom stereocenters. The lowest BCUT2D eigenvalue weighted by atomic mass is 10.0. The molecule has 1 heterocycles. The Kier molecular flexibility index (Phi) is 4.69. The average Bonchev–Trinajstić information content (AvgIpc) is 2.89. The number of rotatable bonds is 6. The highest BCUT2D eigenvalue weighted by atomic mass is 16.1. The predicted molar refractivity (Wildman–Crippen MR) is 79.6 cm³/mol. The van der Waals surface area contributed by atoms with Gasteiger partial charge in [0.05, 0.1) is 12.1 Å². The molecular formula is C16H21N3O. The third kappa shape index (κ3) is 3.14. The van der Waals surface area contributed by atoms with Crippen LogP contribution in [-0.4, -0.2) is 15.6 Å². The molecule has 2 rings (SSSR count). The molecule has 0 aliphatic heterocycles. The molecule has 0 radical (unpaired) electrons. The second kappa shape index (κ2) is 6.48. The topological polar surface area (TPSA) is 60.9 Å². The number of aromatic nitrogens is 2. The number of hydrogen-bond acceptors (Lipinski definition) is 3. The molecular weight excluding hydrogens is 250 g/mol. The molecule has 4 nitrogen and oxygen atoms in total. The van der Waals surface area contributed by atoms with E-state index in [1.165, 1.54) is 0 Å². The fourth-order valence-corrected chi connectivity index (χ4v) is 2.20. The Morgan fingerprint density at radius 1 is 1.25 bits per heavy atom. The van der Waals surface area contributed by atoms with Crippen LogP contribution < -0.4 is 5.73 Å². The highest BCUT2D eigenvalue weighted by molar-refractivity contribution is 5.97. The second-order valence-electron chi connectivity index (χ2n) is 4.80. The van der Waals surface area contributed by atoms with Crippen LogP contribution in [0.2, 0.25) is 0 Å². The fourth-order valence-electron chi connectivity index (χ4n) is 2.20. The Balaban J connectivity index is 2.15. The van der Waals surface area contributed by atoms with Gasteiger partial charge in [0.1, 0.15) is 0 Å². The summed E-state index contributed by atoms with van der Waals surface area (Å²) in [5.41, 5.74) is 9.34. The van der Waals surface area contributed by atoms with Crippen LogP contribution in [0.3, 0.4) is 0 Å². The molecule has 0 aliphatic rings. The normalized spacial score (nSPS) is 10.8. The van der Waals surface area contributed by atoms with E-state index in [1.54, 1.807) is 0 Å². The summed E-state index contributed by atoms with van der Waals surface area (Å²) in [5, 5.41) is 4.47. The summed E-state index contributed by atoms with van der Waals surface area (Å²) in [6.45, 7) is 5.39. The Morgan fingerprint density at radius 3 is 2.50 bits per heavy atom. The molecule has 2 aromatic rings. The van der Waals surface area contributed by atoms with Gasteiger partial charge in [-0.15, -0.1) is 0 Å². The van der Waals surface area contributed by atoms with E-state index in [0.717, 1.165) is 35.5 Å². The van der Waals surface area contributed by atoms with Gasteiger partial charge in [0, 0.05) is 24.3 Å². The minimum absolute atomic E-state index is 0.117. The van der Waals surface area contributed by atoms with Crippen molar-refractivity contribution in [2.45, 2.75) is 39.8 Å². The van der Waals surface area contributed by atoms with Gasteiger partial charge >= 0.3 is 0 Å². The van der Waals surface area contributed by atoms with E-state index in [1.807, 2.05) is 41.9 Å². The highest BCUT2D eigenvalue weighted by Crippen LogP contribution is 2.11. The highest BCUT2D eigenvalue weighted by Gasteiger charge is 2.12. The maximum absolute atomic E-state index is 12.3. The van der Waals surface area contributed by atoms with Gasteiger partial charge in [0.15, 0.2) is 5.78 Å². The number of ketones is 1. The van der Waals surface area contributed by atoms with E-state index < -0.39 is 0 Å². The molecule has 0 saturated heterocycles. The first-order chi connectivity index (χ1) is 9.67. The molecule has 0 amide bonds. The van der Waals surface area contributed by atoms with Gasteiger partial charge in [0.25, 0.3) is 0 Å². The van der Waals surface area contributed by atoms with Gasteiger partial charge in [-0.2, -0.15) is 5.10 Å². The van der Waals surface area contributed by atoms with E-state index >= 15 is 0 Å². The van der Waals surface area contributed by atoms with E-state index in [4.69, 9.17) is 5.73 Å². The number of hydrogen-bond donors (Lipinski definition) is 1. The lowest BCUT2D eigenvalue weighted by Gasteiger charge is -2.05. The summed E-state index contributed by atoms with van der Waals surface area (Å²) in [7, 11) is 0. The second-order valence-corrected chi connectivity index (χ2v) is 4.80. The summed E-state index contributed by atoms with van der Waals surface area (Å²) in [5.74, 6) is 0.117. The minimum Gasteiger partial charge on any atom is -0.326 e. The van der Waals surface area contributed by atoms with Gasteiger partial charge in [-0.1, -0.05) is 31.2 Å². The Hall–Kier alpha value is -1.94. The summed E-state index contributed by atoms with van der Waals surface area (Å²) in [6.07, 6.45) is 1.28. The monoisotopic (exact) mass is 271 g/mol. The van der Waals surface area contributed by atoms with Gasteiger partial charge in [-0.3, -0.25) is 9.48 Å². The number of Topliss-reactive ketones (excluding diaryl/α,β-unsaturated/α-hetero) is 1. The first-order valence-corrected chi connectivity index (χ1v) is 7.05. The summed E-state index contributed by atoms with van der Waals surface area (Å²) in [6, 6.07) is 9.52. The molecule has 0 saturated carbocycles.